The van der Waals surface area contributed by atoms with Gasteiger partial charge in [-0.05, 0) is 50.9 Å². The highest BCUT2D eigenvalue weighted by Gasteiger charge is 2.45. The van der Waals surface area contributed by atoms with Crippen molar-refractivity contribution in [3.63, 3.8) is 0 Å². The van der Waals surface area contributed by atoms with Crippen molar-refractivity contribution in [3.05, 3.63) is 29.3 Å². The standard InChI is InChI=1S/C23H31N5O5/c24-15-7-11-27(12-8-15)10-2-13-33-14-9-25-17-4-1-3-16-20(17)23(32)28(22(16)31)18-5-6-19(29)26-21(18)30/h1,3-4,15,18,25H,2,5-14,24H2,(H,26,29,30). The smallest absolute Gasteiger partial charge is 0.264 e. The lowest BCUT2D eigenvalue weighted by Crippen LogP contribution is -2.54. The van der Waals surface area contributed by atoms with E-state index in [1.807, 2.05) is 0 Å². The Labute approximate surface area is 192 Å². The zero-order valence-electron chi connectivity index (χ0n) is 18.7. The van der Waals surface area contributed by atoms with Gasteiger partial charge in [0.05, 0.1) is 17.7 Å². The third-order valence-corrected chi connectivity index (χ3v) is 6.43. The van der Waals surface area contributed by atoms with Gasteiger partial charge in [-0.3, -0.25) is 29.4 Å². The van der Waals surface area contributed by atoms with Crippen LogP contribution in [0.25, 0.3) is 0 Å². The van der Waals surface area contributed by atoms with Crippen molar-refractivity contribution >= 4 is 29.3 Å². The average molecular weight is 458 g/mol. The number of imide groups is 2. The Balaban J connectivity index is 1.26. The molecule has 33 heavy (non-hydrogen) atoms. The maximum atomic E-state index is 13.1. The Morgan fingerprint density at radius 2 is 1.85 bits per heavy atom. The summed E-state index contributed by atoms with van der Waals surface area (Å²) < 4.78 is 5.71. The summed E-state index contributed by atoms with van der Waals surface area (Å²) >= 11 is 0. The number of ether oxygens (including phenoxy) is 1. The molecule has 0 bridgehead atoms. The zero-order valence-corrected chi connectivity index (χ0v) is 18.7. The van der Waals surface area contributed by atoms with E-state index in [0.717, 1.165) is 43.8 Å². The number of nitrogens with zero attached hydrogens (tertiary/aromatic N) is 2. The molecule has 2 saturated heterocycles. The Kier molecular flexibility index (Phi) is 7.36. The van der Waals surface area contributed by atoms with Crippen LogP contribution in [0.4, 0.5) is 5.69 Å². The molecule has 1 aromatic carbocycles. The molecule has 178 valence electrons. The normalized spacial score (nSPS) is 22.0. The quantitative estimate of drug-likeness (QED) is 0.357. The molecule has 10 nitrogen and oxygen atoms in total. The van der Waals surface area contributed by atoms with Gasteiger partial charge in [-0.2, -0.15) is 0 Å². The van der Waals surface area contributed by atoms with E-state index in [-0.39, 0.29) is 24.0 Å². The van der Waals surface area contributed by atoms with Gasteiger partial charge in [0.1, 0.15) is 6.04 Å². The first-order chi connectivity index (χ1) is 16.0. The lowest BCUT2D eigenvalue weighted by atomic mass is 10.0. The number of rotatable bonds is 9. The molecule has 0 radical (unpaired) electrons. The van der Waals surface area contributed by atoms with Crippen LogP contribution in [0.15, 0.2) is 18.2 Å². The van der Waals surface area contributed by atoms with Crippen LogP contribution < -0.4 is 16.4 Å². The SMILES string of the molecule is NC1CCN(CCCOCCNc2cccc3c2C(=O)N(C2CCC(=O)NC2=O)C3=O)CC1. The van der Waals surface area contributed by atoms with Crippen LogP contribution >= 0.6 is 0 Å². The van der Waals surface area contributed by atoms with Gasteiger partial charge in [0.25, 0.3) is 11.8 Å². The van der Waals surface area contributed by atoms with Crippen molar-refractivity contribution in [1.29, 1.82) is 0 Å². The van der Waals surface area contributed by atoms with Crippen LogP contribution in [0.5, 0.6) is 0 Å². The maximum Gasteiger partial charge on any atom is 0.264 e. The molecule has 4 N–H and O–H groups in total. The monoisotopic (exact) mass is 457 g/mol. The predicted octanol–water partition coefficient (Wildman–Crippen LogP) is 0.330. The van der Waals surface area contributed by atoms with E-state index >= 15 is 0 Å². The van der Waals surface area contributed by atoms with Crippen LogP contribution in [0.2, 0.25) is 0 Å². The third kappa shape index (κ3) is 5.23. The number of amides is 4. The summed E-state index contributed by atoms with van der Waals surface area (Å²) in [6, 6.07) is 4.38. The average Bonchev–Trinajstić information content (AvgIpc) is 3.05. The van der Waals surface area contributed by atoms with E-state index in [2.05, 4.69) is 15.5 Å². The first kappa shape index (κ1) is 23.3. The summed E-state index contributed by atoms with van der Waals surface area (Å²) in [5, 5.41) is 5.38. The second kappa shape index (κ2) is 10.4. The number of anilines is 1. The molecule has 4 rings (SSSR count). The molecule has 0 spiro atoms. The van der Waals surface area contributed by atoms with E-state index < -0.39 is 29.7 Å². The number of piperidine rings is 2. The van der Waals surface area contributed by atoms with Crippen molar-refractivity contribution in [3.8, 4) is 0 Å². The summed E-state index contributed by atoms with van der Waals surface area (Å²) in [6.07, 6.45) is 3.28. The second-order valence-corrected chi connectivity index (χ2v) is 8.75. The topological polar surface area (TPSA) is 134 Å². The molecule has 0 saturated carbocycles. The largest absolute Gasteiger partial charge is 0.382 e. The van der Waals surface area contributed by atoms with Gasteiger partial charge >= 0.3 is 0 Å². The highest BCUT2D eigenvalue weighted by molar-refractivity contribution is 6.25. The molecule has 2 fully saturated rings. The van der Waals surface area contributed by atoms with Gasteiger partial charge in [-0.25, -0.2) is 0 Å². The van der Waals surface area contributed by atoms with Crippen molar-refractivity contribution < 1.29 is 23.9 Å². The molecule has 3 heterocycles. The molecule has 10 heteroatoms. The number of carbonyl (C=O) groups is 4. The fourth-order valence-corrected chi connectivity index (χ4v) is 4.59. The molecule has 1 unspecified atom stereocenters. The fraction of sp³-hybridized carbons (Fsp3) is 0.565. The van der Waals surface area contributed by atoms with Crippen molar-refractivity contribution in [2.24, 2.45) is 5.73 Å². The Morgan fingerprint density at radius 3 is 2.61 bits per heavy atom. The fourth-order valence-electron chi connectivity index (χ4n) is 4.59. The molecular formula is C23H31N5O5. The number of benzene rings is 1. The first-order valence-electron chi connectivity index (χ1n) is 11.6. The van der Waals surface area contributed by atoms with E-state index in [4.69, 9.17) is 10.5 Å². The Morgan fingerprint density at radius 1 is 1.06 bits per heavy atom. The molecule has 4 amide bonds. The van der Waals surface area contributed by atoms with Crippen LogP contribution in [0.3, 0.4) is 0 Å². The van der Waals surface area contributed by atoms with Gasteiger partial charge in [-0.15, -0.1) is 0 Å². The summed E-state index contributed by atoms with van der Waals surface area (Å²) in [4.78, 5) is 52.9. The minimum Gasteiger partial charge on any atom is -0.382 e. The van der Waals surface area contributed by atoms with E-state index in [1.165, 1.54) is 0 Å². The van der Waals surface area contributed by atoms with Crippen LogP contribution in [-0.2, 0) is 14.3 Å². The molecule has 3 aliphatic rings. The Bertz CT molecular complexity index is 928. The summed E-state index contributed by atoms with van der Waals surface area (Å²) in [6.45, 7) is 4.69. The molecule has 0 aromatic heterocycles. The van der Waals surface area contributed by atoms with Gasteiger partial charge in [0.2, 0.25) is 11.8 Å². The summed E-state index contributed by atoms with van der Waals surface area (Å²) in [5.41, 5.74) is 6.99. The number of nitrogens with two attached hydrogens (primary N) is 1. The number of likely N-dealkylation sites (tertiary alicyclic amines) is 1. The number of hydrogen-bond acceptors (Lipinski definition) is 8. The highest BCUT2D eigenvalue weighted by Crippen LogP contribution is 2.32. The number of hydrogen-bond donors (Lipinski definition) is 3. The predicted molar refractivity (Wildman–Crippen MR) is 121 cm³/mol. The lowest BCUT2D eigenvalue weighted by molar-refractivity contribution is -0.136. The number of nitrogens with one attached hydrogen (secondary N) is 2. The van der Waals surface area contributed by atoms with Gasteiger partial charge in [-0.1, -0.05) is 6.07 Å². The van der Waals surface area contributed by atoms with Gasteiger partial charge in [0, 0.05) is 37.8 Å². The zero-order chi connectivity index (χ0) is 23.4. The first-order valence-corrected chi connectivity index (χ1v) is 11.6. The summed E-state index contributed by atoms with van der Waals surface area (Å²) in [5.74, 6) is -2.04. The number of carbonyl (C=O) groups excluding carboxylic acids is 4. The number of fused-ring (bicyclic) bond motifs is 1. The van der Waals surface area contributed by atoms with E-state index in [9.17, 15) is 19.2 Å². The molecular weight excluding hydrogens is 426 g/mol. The second-order valence-electron chi connectivity index (χ2n) is 8.75. The molecule has 1 atom stereocenters. The van der Waals surface area contributed by atoms with E-state index in [0.29, 0.717) is 31.5 Å². The molecule has 1 aromatic rings. The van der Waals surface area contributed by atoms with Gasteiger partial charge in [0.15, 0.2) is 0 Å². The molecule has 3 aliphatic heterocycles. The van der Waals surface area contributed by atoms with Crippen molar-refractivity contribution in [1.82, 2.24) is 15.1 Å². The van der Waals surface area contributed by atoms with E-state index in [1.54, 1.807) is 18.2 Å². The maximum absolute atomic E-state index is 13.1. The van der Waals surface area contributed by atoms with Crippen LogP contribution in [-0.4, -0.2) is 84.9 Å². The molecule has 0 aliphatic carbocycles. The minimum atomic E-state index is -0.970. The van der Waals surface area contributed by atoms with Crippen molar-refractivity contribution in [2.45, 2.75) is 44.2 Å². The summed E-state index contributed by atoms with van der Waals surface area (Å²) in [7, 11) is 0. The highest BCUT2D eigenvalue weighted by atomic mass is 16.5. The van der Waals surface area contributed by atoms with Crippen LogP contribution in [0.1, 0.15) is 52.8 Å². The van der Waals surface area contributed by atoms with Gasteiger partial charge < -0.3 is 20.7 Å². The minimum absolute atomic E-state index is 0.0948. The lowest BCUT2D eigenvalue weighted by Gasteiger charge is -2.29. The van der Waals surface area contributed by atoms with Crippen LogP contribution in [0, 0.1) is 0 Å². The van der Waals surface area contributed by atoms with Crippen molar-refractivity contribution in [2.75, 3.05) is 44.7 Å². The third-order valence-electron chi connectivity index (χ3n) is 6.43. The Hall–Kier alpha value is -2.82.